The van der Waals surface area contributed by atoms with E-state index in [9.17, 15) is 13.2 Å². The fraction of sp³-hybridized carbons (Fsp3) is 0.200. The zero-order valence-corrected chi connectivity index (χ0v) is 8.16. The molecule has 0 fully saturated rings. The summed E-state index contributed by atoms with van der Waals surface area (Å²) in [5, 5.41) is 0. The van der Waals surface area contributed by atoms with Gasteiger partial charge < -0.3 is 0 Å². The van der Waals surface area contributed by atoms with Crippen molar-refractivity contribution in [1.29, 1.82) is 0 Å². The van der Waals surface area contributed by atoms with Crippen LogP contribution in [0.1, 0.15) is 5.56 Å². The maximum atomic E-state index is 12.1. The summed E-state index contributed by atoms with van der Waals surface area (Å²) in [6.45, 7) is 3.53. The first-order valence-corrected chi connectivity index (χ1v) is 4.93. The molecule has 0 aromatic heterocycles. The van der Waals surface area contributed by atoms with Crippen molar-refractivity contribution in [2.24, 2.45) is 0 Å². The van der Waals surface area contributed by atoms with Crippen molar-refractivity contribution in [2.45, 2.75) is 11.1 Å². The average Bonchev–Trinajstić information content (AvgIpc) is 2.14. The van der Waals surface area contributed by atoms with Crippen LogP contribution in [0.5, 0.6) is 0 Å². The Morgan fingerprint density at radius 3 is 2.21 bits per heavy atom. The van der Waals surface area contributed by atoms with Gasteiger partial charge in [0.2, 0.25) is 0 Å². The van der Waals surface area contributed by atoms with Gasteiger partial charge in [0, 0.05) is 10.6 Å². The van der Waals surface area contributed by atoms with Crippen LogP contribution in [0.25, 0.3) is 0 Å². The van der Waals surface area contributed by atoms with E-state index in [4.69, 9.17) is 0 Å². The smallest absolute Gasteiger partial charge is 0.166 e. The van der Waals surface area contributed by atoms with Crippen molar-refractivity contribution >= 4 is 11.8 Å². The largest absolute Gasteiger partial charge is 0.416 e. The van der Waals surface area contributed by atoms with Gasteiger partial charge >= 0.3 is 6.18 Å². The fourth-order valence-corrected chi connectivity index (χ4v) is 1.53. The quantitative estimate of drug-likeness (QED) is 0.546. The molecule has 1 rings (SSSR count). The van der Waals surface area contributed by atoms with Crippen molar-refractivity contribution in [1.82, 2.24) is 0 Å². The Balaban J connectivity index is 2.73. The molecule has 14 heavy (non-hydrogen) atoms. The molecule has 76 valence electrons. The van der Waals surface area contributed by atoms with Gasteiger partial charge in [0.05, 0.1) is 5.56 Å². The van der Waals surface area contributed by atoms with E-state index in [0.717, 1.165) is 17.0 Å². The lowest BCUT2D eigenvalue weighted by Crippen LogP contribution is -2.03. The van der Waals surface area contributed by atoms with Gasteiger partial charge in [-0.15, -0.1) is 18.3 Å². The monoisotopic (exact) mass is 218 g/mol. The zero-order valence-electron chi connectivity index (χ0n) is 7.34. The maximum absolute atomic E-state index is 12.1. The number of benzene rings is 1. The molecular weight excluding hydrogens is 209 g/mol. The number of alkyl halides is 3. The lowest BCUT2D eigenvalue weighted by Gasteiger charge is -2.06. The van der Waals surface area contributed by atoms with Crippen LogP contribution >= 0.6 is 11.8 Å². The number of rotatable bonds is 3. The fourth-order valence-electron chi connectivity index (χ4n) is 0.895. The molecular formula is C10H9F3S. The zero-order chi connectivity index (χ0) is 10.6. The SMILES string of the molecule is C=CCSc1ccc(C(F)(F)F)cc1. The minimum Gasteiger partial charge on any atom is -0.166 e. The highest BCUT2D eigenvalue weighted by atomic mass is 32.2. The molecule has 4 heteroatoms. The number of hydrogen-bond acceptors (Lipinski definition) is 1. The Hall–Kier alpha value is -0.900. The molecule has 0 atom stereocenters. The van der Waals surface area contributed by atoms with Crippen LogP contribution in [-0.2, 0) is 6.18 Å². The number of hydrogen-bond donors (Lipinski definition) is 0. The number of halogens is 3. The Kier molecular flexibility index (Phi) is 3.63. The van der Waals surface area contributed by atoms with Gasteiger partial charge in [0.15, 0.2) is 0 Å². The standard InChI is InChI=1S/C10H9F3S/c1-2-7-14-9-5-3-8(4-6-9)10(11,12)13/h2-6H,1,7H2. The predicted octanol–water partition coefficient (Wildman–Crippen LogP) is 3.98. The third-order valence-electron chi connectivity index (χ3n) is 1.55. The van der Waals surface area contributed by atoms with E-state index in [-0.39, 0.29) is 0 Å². The first kappa shape index (κ1) is 11.2. The Bertz CT molecular complexity index is 300. The van der Waals surface area contributed by atoms with Crippen LogP contribution in [0.4, 0.5) is 13.2 Å². The van der Waals surface area contributed by atoms with Gasteiger partial charge in [0.1, 0.15) is 0 Å². The third-order valence-corrected chi connectivity index (χ3v) is 2.56. The van der Waals surface area contributed by atoms with E-state index in [1.807, 2.05) is 0 Å². The van der Waals surface area contributed by atoms with Gasteiger partial charge in [-0.3, -0.25) is 0 Å². The van der Waals surface area contributed by atoms with E-state index in [1.54, 1.807) is 6.08 Å². The summed E-state index contributed by atoms with van der Waals surface area (Å²) in [7, 11) is 0. The Labute approximate surface area is 84.8 Å². The third kappa shape index (κ3) is 3.10. The van der Waals surface area contributed by atoms with Gasteiger partial charge in [-0.1, -0.05) is 6.08 Å². The van der Waals surface area contributed by atoms with Gasteiger partial charge in [-0.05, 0) is 24.3 Å². The van der Waals surface area contributed by atoms with Crippen molar-refractivity contribution < 1.29 is 13.2 Å². The summed E-state index contributed by atoms with van der Waals surface area (Å²) in [6, 6.07) is 5.12. The highest BCUT2D eigenvalue weighted by Crippen LogP contribution is 2.30. The molecule has 0 spiro atoms. The molecule has 0 aliphatic rings. The molecule has 0 heterocycles. The van der Waals surface area contributed by atoms with E-state index >= 15 is 0 Å². The van der Waals surface area contributed by atoms with Crippen LogP contribution < -0.4 is 0 Å². The highest BCUT2D eigenvalue weighted by Gasteiger charge is 2.29. The lowest BCUT2D eigenvalue weighted by atomic mass is 10.2. The molecule has 0 nitrogen and oxygen atoms in total. The average molecular weight is 218 g/mol. The Morgan fingerprint density at radius 2 is 1.79 bits per heavy atom. The van der Waals surface area contributed by atoms with Crippen LogP contribution in [0.2, 0.25) is 0 Å². The van der Waals surface area contributed by atoms with Crippen LogP contribution in [0.15, 0.2) is 41.8 Å². The summed E-state index contributed by atoms with van der Waals surface area (Å²) >= 11 is 1.45. The molecule has 0 saturated heterocycles. The topological polar surface area (TPSA) is 0 Å². The van der Waals surface area contributed by atoms with E-state index in [0.29, 0.717) is 5.75 Å². The second-order valence-electron chi connectivity index (χ2n) is 2.62. The van der Waals surface area contributed by atoms with E-state index in [1.165, 1.54) is 23.9 Å². The van der Waals surface area contributed by atoms with Crippen molar-refractivity contribution in [3.05, 3.63) is 42.5 Å². The molecule has 0 unspecified atom stereocenters. The summed E-state index contributed by atoms with van der Waals surface area (Å²) in [5.74, 6) is 0.700. The molecule has 1 aromatic rings. The van der Waals surface area contributed by atoms with Crippen LogP contribution in [0.3, 0.4) is 0 Å². The summed E-state index contributed by atoms with van der Waals surface area (Å²) < 4.78 is 36.4. The minimum atomic E-state index is -4.25. The first-order chi connectivity index (χ1) is 6.54. The molecule has 0 aliphatic carbocycles. The van der Waals surface area contributed by atoms with Crippen molar-refractivity contribution in [3.8, 4) is 0 Å². The normalized spacial score (nSPS) is 11.4. The van der Waals surface area contributed by atoms with E-state index in [2.05, 4.69) is 6.58 Å². The summed E-state index contributed by atoms with van der Waals surface area (Å²) in [5.41, 5.74) is -0.611. The van der Waals surface area contributed by atoms with Gasteiger partial charge in [0.25, 0.3) is 0 Å². The van der Waals surface area contributed by atoms with Gasteiger partial charge in [-0.25, -0.2) is 0 Å². The van der Waals surface area contributed by atoms with Crippen LogP contribution in [0, 0.1) is 0 Å². The summed E-state index contributed by atoms with van der Waals surface area (Å²) in [4.78, 5) is 0.818. The molecule has 0 saturated carbocycles. The van der Waals surface area contributed by atoms with Crippen LogP contribution in [-0.4, -0.2) is 5.75 Å². The Morgan fingerprint density at radius 1 is 1.21 bits per heavy atom. The predicted molar refractivity (Wildman–Crippen MR) is 52.4 cm³/mol. The summed E-state index contributed by atoms with van der Waals surface area (Å²) in [6.07, 6.45) is -2.54. The molecule has 0 bridgehead atoms. The van der Waals surface area contributed by atoms with Gasteiger partial charge in [-0.2, -0.15) is 13.2 Å². The number of thioether (sulfide) groups is 1. The second-order valence-corrected chi connectivity index (χ2v) is 3.72. The molecule has 0 radical (unpaired) electrons. The first-order valence-electron chi connectivity index (χ1n) is 3.95. The van der Waals surface area contributed by atoms with Crippen molar-refractivity contribution in [3.63, 3.8) is 0 Å². The lowest BCUT2D eigenvalue weighted by molar-refractivity contribution is -0.137. The maximum Gasteiger partial charge on any atom is 0.416 e. The molecule has 0 N–H and O–H groups in total. The minimum absolute atomic E-state index is 0.611. The molecule has 0 amide bonds. The molecule has 1 aromatic carbocycles. The van der Waals surface area contributed by atoms with E-state index < -0.39 is 11.7 Å². The van der Waals surface area contributed by atoms with Crippen molar-refractivity contribution in [2.75, 3.05) is 5.75 Å². The second kappa shape index (κ2) is 4.55. The molecule has 0 aliphatic heterocycles. The highest BCUT2D eigenvalue weighted by molar-refractivity contribution is 7.99.